The fourth-order valence-corrected chi connectivity index (χ4v) is 2.55. The summed E-state index contributed by atoms with van der Waals surface area (Å²) in [4.78, 5) is 31.6. The van der Waals surface area contributed by atoms with Gasteiger partial charge >= 0.3 is 0 Å². The third kappa shape index (κ3) is 5.63. The standard InChI is InChI=1S/C21H21N5O2/c1-15(27)25-17-7-9-18(10-8-17)26-20-14-23-19(13-24-20)21(28)22-12-11-16-5-3-2-4-6-16/h2-10,13-14H,11-12H2,1H3,(H,22,28)(H,24,26)(H,25,27). The van der Waals surface area contributed by atoms with Gasteiger partial charge in [-0.2, -0.15) is 0 Å². The Hall–Kier alpha value is -3.74. The summed E-state index contributed by atoms with van der Waals surface area (Å²) in [7, 11) is 0. The molecule has 0 saturated heterocycles. The fraction of sp³-hybridized carbons (Fsp3) is 0.143. The van der Waals surface area contributed by atoms with Gasteiger partial charge in [-0.05, 0) is 36.2 Å². The molecule has 2 aromatic carbocycles. The summed E-state index contributed by atoms with van der Waals surface area (Å²) in [5, 5.41) is 8.64. The van der Waals surface area contributed by atoms with Crippen molar-refractivity contribution in [3.63, 3.8) is 0 Å². The van der Waals surface area contributed by atoms with Crippen molar-refractivity contribution >= 4 is 29.0 Å². The maximum atomic E-state index is 12.2. The number of aromatic nitrogens is 2. The highest BCUT2D eigenvalue weighted by molar-refractivity contribution is 5.92. The Labute approximate surface area is 163 Å². The number of hydrogen-bond acceptors (Lipinski definition) is 5. The van der Waals surface area contributed by atoms with Crippen LogP contribution in [0.25, 0.3) is 0 Å². The SMILES string of the molecule is CC(=O)Nc1ccc(Nc2cnc(C(=O)NCCc3ccccc3)cn2)cc1. The van der Waals surface area contributed by atoms with Crippen LogP contribution in [0.1, 0.15) is 23.0 Å². The molecule has 7 heteroatoms. The van der Waals surface area contributed by atoms with E-state index in [1.165, 1.54) is 19.3 Å². The first-order valence-corrected chi connectivity index (χ1v) is 8.89. The van der Waals surface area contributed by atoms with Crippen molar-refractivity contribution in [1.29, 1.82) is 0 Å². The molecular formula is C21H21N5O2. The van der Waals surface area contributed by atoms with Gasteiger partial charge in [-0.1, -0.05) is 30.3 Å². The summed E-state index contributed by atoms with van der Waals surface area (Å²) in [6, 6.07) is 17.2. The lowest BCUT2D eigenvalue weighted by molar-refractivity contribution is -0.114. The Morgan fingerprint density at radius 2 is 1.61 bits per heavy atom. The summed E-state index contributed by atoms with van der Waals surface area (Å²) in [6.45, 7) is 1.99. The maximum Gasteiger partial charge on any atom is 0.271 e. The van der Waals surface area contributed by atoms with E-state index in [2.05, 4.69) is 25.9 Å². The minimum absolute atomic E-state index is 0.121. The third-order valence-corrected chi connectivity index (χ3v) is 3.90. The van der Waals surface area contributed by atoms with Crippen LogP contribution in [0.5, 0.6) is 0 Å². The number of amides is 2. The Kier molecular flexibility index (Phi) is 6.30. The van der Waals surface area contributed by atoms with E-state index in [1.54, 1.807) is 12.1 Å². The van der Waals surface area contributed by atoms with Crippen LogP contribution in [0.4, 0.5) is 17.2 Å². The second-order valence-corrected chi connectivity index (χ2v) is 6.16. The van der Waals surface area contributed by atoms with E-state index in [0.717, 1.165) is 17.7 Å². The first-order valence-electron chi connectivity index (χ1n) is 8.89. The van der Waals surface area contributed by atoms with E-state index in [0.29, 0.717) is 18.1 Å². The van der Waals surface area contributed by atoms with Gasteiger partial charge in [0, 0.05) is 24.8 Å². The Bertz CT molecular complexity index is 925. The van der Waals surface area contributed by atoms with Gasteiger partial charge in [-0.15, -0.1) is 0 Å². The first-order chi connectivity index (χ1) is 13.6. The summed E-state index contributed by atoms with van der Waals surface area (Å²) in [5.41, 5.74) is 2.94. The van der Waals surface area contributed by atoms with Crippen LogP contribution in [-0.2, 0) is 11.2 Å². The predicted octanol–water partition coefficient (Wildman–Crippen LogP) is 3.15. The number of hydrogen-bond donors (Lipinski definition) is 3. The van der Waals surface area contributed by atoms with Crippen molar-refractivity contribution in [1.82, 2.24) is 15.3 Å². The number of rotatable bonds is 7. The van der Waals surface area contributed by atoms with Crippen LogP contribution in [0.15, 0.2) is 67.0 Å². The summed E-state index contributed by atoms with van der Waals surface area (Å²) in [6.07, 6.45) is 3.70. The second kappa shape index (κ2) is 9.27. The van der Waals surface area contributed by atoms with Crippen LogP contribution >= 0.6 is 0 Å². The van der Waals surface area contributed by atoms with E-state index in [1.807, 2.05) is 42.5 Å². The van der Waals surface area contributed by atoms with Gasteiger partial charge < -0.3 is 16.0 Å². The molecule has 0 aliphatic rings. The quantitative estimate of drug-likeness (QED) is 0.590. The molecule has 28 heavy (non-hydrogen) atoms. The molecule has 7 nitrogen and oxygen atoms in total. The van der Waals surface area contributed by atoms with Crippen molar-refractivity contribution in [3.05, 3.63) is 78.2 Å². The monoisotopic (exact) mass is 375 g/mol. The molecule has 3 aromatic rings. The van der Waals surface area contributed by atoms with Crippen LogP contribution in [0.2, 0.25) is 0 Å². The average molecular weight is 375 g/mol. The number of benzene rings is 2. The van der Waals surface area contributed by atoms with Crippen LogP contribution < -0.4 is 16.0 Å². The minimum atomic E-state index is -0.255. The number of nitrogens with zero attached hydrogens (tertiary/aromatic N) is 2. The zero-order valence-corrected chi connectivity index (χ0v) is 15.5. The molecule has 0 unspecified atom stereocenters. The molecule has 0 fully saturated rings. The van der Waals surface area contributed by atoms with E-state index >= 15 is 0 Å². The van der Waals surface area contributed by atoms with Crippen LogP contribution in [0.3, 0.4) is 0 Å². The molecule has 1 aromatic heterocycles. The highest BCUT2D eigenvalue weighted by Crippen LogP contribution is 2.17. The van der Waals surface area contributed by atoms with Gasteiger partial charge in [-0.3, -0.25) is 9.59 Å². The molecule has 0 radical (unpaired) electrons. The van der Waals surface area contributed by atoms with Gasteiger partial charge in [-0.25, -0.2) is 9.97 Å². The maximum absolute atomic E-state index is 12.2. The van der Waals surface area contributed by atoms with Gasteiger partial charge in [0.2, 0.25) is 5.91 Å². The molecule has 142 valence electrons. The molecule has 0 aliphatic heterocycles. The molecular weight excluding hydrogens is 354 g/mol. The molecule has 1 heterocycles. The number of carbonyl (C=O) groups is 2. The molecule has 0 aliphatic carbocycles. The van der Waals surface area contributed by atoms with Crippen molar-refractivity contribution in [2.75, 3.05) is 17.2 Å². The molecule has 2 amide bonds. The smallest absolute Gasteiger partial charge is 0.271 e. The van der Waals surface area contributed by atoms with Crippen molar-refractivity contribution < 1.29 is 9.59 Å². The van der Waals surface area contributed by atoms with E-state index in [9.17, 15) is 9.59 Å². The lowest BCUT2D eigenvalue weighted by Gasteiger charge is -2.08. The zero-order chi connectivity index (χ0) is 19.8. The molecule has 0 bridgehead atoms. The second-order valence-electron chi connectivity index (χ2n) is 6.16. The van der Waals surface area contributed by atoms with E-state index in [4.69, 9.17) is 0 Å². The number of carbonyl (C=O) groups excluding carboxylic acids is 2. The third-order valence-electron chi connectivity index (χ3n) is 3.90. The van der Waals surface area contributed by atoms with E-state index < -0.39 is 0 Å². The Balaban J connectivity index is 1.51. The summed E-state index contributed by atoms with van der Waals surface area (Å²) < 4.78 is 0. The fourth-order valence-electron chi connectivity index (χ4n) is 2.55. The highest BCUT2D eigenvalue weighted by atomic mass is 16.2. The predicted molar refractivity (Wildman–Crippen MR) is 109 cm³/mol. The molecule has 0 atom stereocenters. The number of nitrogens with one attached hydrogen (secondary N) is 3. The molecule has 0 saturated carbocycles. The molecule has 3 N–H and O–H groups in total. The lowest BCUT2D eigenvalue weighted by Crippen LogP contribution is -2.26. The first kappa shape index (κ1) is 19.0. The van der Waals surface area contributed by atoms with Crippen LogP contribution in [0, 0.1) is 0 Å². The van der Waals surface area contributed by atoms with Gasteiger partial charge in [0.25, 0.3) is 5.91 Å². The minimum Gasteiger partial charge on any atom is -0.350 e. The number of anilines is 3. The van der Waals surface area contributed by atoms with E-state index in [-0.39, 0.29) is 17.5 Å². The van der Waals surface area contributed by atoms with Crippen molar-refractivity contribution in [3.8, 4) is 0 Å². The zero-order valence-electron chi connectivity index (χ0n) is 15.5. The topological polar surface area (TPSA) is 96.0 Å². The van der Waals surface area contributed by atoms with Crippen molar-refractivity contribution in [2.24, 2.45) is 0 Å². The largest absolute Gasteiger partial charge is 0.350 e. The van der Waals surface area contributed by atoms with Crippen LogP contribution in [-0.4, -0.2) is 28.3 Å². The summed E-state index contributed by atoms with van der Waals surface area (Å²) in [5.74, 6) is 0.145. The Morgan fingerprint density at radius 3 is 2.25 bits per heavy atom. The highest BCUT2D eigenvalue weighted by Gasteiger charge is 2.08. The average Bonchev–Trinajstić information content (AvgIpc) is 2.70. The van der Waals surface area contributed by atoms with Gasteiger partial charge in [0.05, 0.1) is 12.4 Å². The lowest BCUT2D eigenvalue weighted by atomic mass is 10.1. The van der Waals surface area contributed by atoms with Gasteiger partial charge in [0.1, 0.15) is 11.5 Å². The molecule has 3 rings (SSSR count). The van der Waals surface area contributed by atoms with Crippen molar-refractivity contribution in [2.45, 2.75) is 13.3 Å². The normalized spacial score (nSPS) is 10.2. The summed E-state index contributed by atoms with van der Waals surface area (Å²) >= 11 is 0. The van der Waals surface area contributed by atoms with Gasteiger partial charge in [0.15, 0.2) is 0 Å². The molecule has 0 spiro atoms. The Morgan fingerprint density at radius 1 is 0.893 bits per heavy atom.